The second-order valence-corrected chi connectivity index (χ2v) is 6.94. The van der Waals surface area contributed by atoms with Gasteiger partial charge in [0, 0.05) is 13.1 Å². The van der Waals surface area contributed by atoms with Crippen LogP contribution in [0.5, 0.6) is 0 Å². The van der Waals surface area contributed by atoms with Crippen LogP contribution in [0.2, 0.25) is 5.02 Å². The van der Waals surface area contributed by atoms with Crippen molar-refractivity contribution in [2.75, 3.05) is 20.2 Å². The molecule has 1 rings (SSSR count). The first-order valence-electron chi connectivity index (χ1n) is 6.55. The molecule has 0 fully saturated rings. The molecule has 1 aromatic rings. The molecule has 1 atom stereocenters. The fraction of sp³-hybridized carbons (Fsp3) is 0.429. The molecule has 0 aliphatic carbocycles. The first-order valence-corrected chi connectivity index (χ1v) is 8.37. The predicted molar refractivity (Wildman–Crippen MR) is 82.0 cm³/mol. The van der Waals surface area contributed by atoms with Crippen molar-refractivity contribution in [3.05, 3.63) is 28.8 Å². The Balaban J connectivity index is 3.22. The number of rotatable bonds is 6. The molecule has 0 aliphatic rings. The molecular formula is C14H17ClN2O4S. The summed E-state index contributed by atoms with van der Waals surface area (Å²) in [6.07, 6.45) is 0. The molecule has 22 heavy (non-hydrogen) atoms. The van der Waals surface area contributed by atoms with E-state index in [4.69, 9.17) is 16.9 Å². The number of ether oxygens (including phenoxy) is 1. The normalized spacial score (nSPS) is 12.7. The third-order valence-electron chi connectivity index (χ3n) is 3.02. The highest BCUT2D eigenvalue weighted by molar-refractivity contribution is 7.89. The van der Waals surface area contributed by atoms with Crippen molar-refractivity contribution in [3.8, 4) is 6.07 Å². The van der Waals surface area contributed by atoms with Crippen LogP contribution in [0.25, 0.3) is 0 Å². The summed E-state index contributed by atoms with van der Waals surface area (Å²) in [4.78, 5) is 11.3. The fourth-order valence-corrected chi connectivity index (χ4v) is 3.89. The van der Waals surface area contributed by atoms with Gasteiger partial charge in [0.1, 0.15) is 4.90 Å². The second-order valence-electron chi connectivity index (χ2n) is 4.62. The summed E-state index contributed by atoms with van der Waals surface area (Å²) >= 11 is 6.01. The van der Waals surface area contributed by atoms with E-state index in [0.717, 1.165) is 0 Å². The number of hydrogen-bond donors (Lipinski definition) is 0. The summed E-state index contributed by atoms with van der Waals surface area (Å²) < 4.78 is 30.9. The van der Waals surface area contributed by atoms with Gasteiger partial charge in [0.05, 0.1) is 29.7 Å². The van der Waals surface area contributed by atoms with Crippen LogP contribution in [0.3, 0.4) is 0 Å². The van der Waals surface area contributed by atoms with Crippen molar-refractivity contribution in [3.63, 3.8) is 0 Å². The van der Waals surface area contributed by atoms with Gasteiger partial charge < -0.3 is 4.74 Å². The third kappa shape index (κ3) is 3.97. The van der Waals surface area contributed by atoms with Crippen LogP contribution in [0.15, 0.2) is 23.1 Å². The van der Waals surface area contributed by atoms with Gasteiger partial charge in [-0.25, -0.2) is 13.2 Å². The minimum atomic E-state index is -3.84. The summed E-state index contributed by atoms with van der Waals surface area (Å²) in [6, 6.07) is 5.86. The monoisotopic (exact) mass is 344 g/mol. The zero-order valence-corrected chi connectivity index (χ0v) is 14.1. The second kappa shape index (κ2) is 7.58. The molecule has 0 saturated carbocycles. The standard InChI is InChI=1S/C14H17ClN2O4S/c1-4-17(9-10(2)8-16)22(19,20)13-6-5-11(7-12(13)15)14(18)21-3/h5-7,10H,4,9H2,1-3H3/t10-/m1/s1. The number of nitriles is 1. The van der Waals surface area contributed by atoms with E-state index in [9.17, 15) is 13.2 Å². The van der Waals surface area contributed by atoms with Crippen molar-refractivity contribution in [2.24, 2.45) is 5.92 Å². The molecular weight excluding hydrogens is 328 g/mol. The number of sulfonamides is 1. The van der Waals surface area contributed by atoms with E-state index in [2.05, 4.69) is 4.74 Å². The van der Waals surface area contributed by atoms with Crippen molar-refractivity contribution in [1.82, 2.24) is 4.31 Å². The minimum absolute atomic E-state index is 0.0639. The zero-order valence-electron chi connectivity index (χ0n) is 12.5. The maximum Gasteiger partial charge on any atom is 0.337 e. The molecule has 1 aromatic carbocycles. The maximum atomic E-state index is 12.6. The number of methoxy groups -OCH3 is 1. The molecule has 0 aliphatic heterocycles. The number of carbonyl (C=O) groups is 1. The largest absolute Gasteiger partial charge is 0.465 e. The van der Waals surface area contributed by atoms with E-state index in [1.54, 1.807) is 13.8 Å². The molecule has 0 bridgehead atoms. The Kier molecular flexibility index (Phi) is 6.35. The van der Waals surface area contributed by atoms with Gasteiger partial charge in [-0.15, -0.1) is 0 Å². The van der Waals surface area contributed by atoms with Crippen molar-refractivity contribution in [2.45, 2.75) is 18.7 Å². The lowest BCUT2D eigenvalue weighted by atomic mass is 10.2. The Bertz CT molecular complexity index is 697. The van der Waals surface area contributed by atoms with Gasteiger partial charge in [-0.2, -0.15) is 9.57 Å². The molecule has 8 heteroatoms. The molecule has 0 saturated heterocycles. The molecule has 0 spiro atoms. The van der Waals surface area contributed by atoms with Gasteiger partial charge in [0.2, 0.25) is 10.0 Å². The first-order chi connectivity index (χ1) is 10.3. The number of nitrogens with zero attached hydrogens (tertiary/aromatic N) is 2. The highest BCUT2D eigenvalue weighted by atomic mass is 35.5. The zero-order chi connectivity index (χ0) is 16.9. The summed E-state index contributed by atoms with van der Waals surface area (Å²) in [5.41, 5.74) is 0.167. The maximum absolute atomic E-state index is 12.6. The SMILES string of the molecule is CCN(C[C@H](C)C#N)S(=O)(=O)c1ccc(C(=O)OC)cc1Cl. The van der Waals surface area contributed by atoms with E-state index < -0.39 is 21.9 Å². The van der Waals surface area contributed by atoms with Crippen molar-refractivity contribution >= 4 is 27.6 Å². The number of halogens is 1. The Hall–Kier alpha value is -1.62. The van der Waals surface area contributed by atoms with Crippen LogP contribution in [-0.4, -0.2) is 38.9 Å². The van der Waals surface area contributed by atoms with Crippen LogP contribution in [-0.2, 0) is 14.8 Å². The molecule has 0 unspecified atom stereocenters. The van der Waals surface area contributed by atoms with Crippen LogP contribution in [0, 0.1) is 17.2 Å². The number of carbonyl (C=O) groups excluding carboxylic acids is 1. The van der Waals surface area contributed by atoms with E-state index in [1.807, 2.05) is 6.07 Å². The Labute approximate surface area is 135 Å². The van der Waals surface area contributed by atoms with E-state index in [1.165, 1.54) is 29.6 Å². The summed E-state index contributed by atoms with van der Waals surface area (Å²) in [6.45, 7) is 3.60. The molecule has 0 amide bonds. The Morgan fingerprint density at radius 1 is 1.50 bits per heavy atom. The number of benzene rings is 1. The molecule has 120 valence electrons. The smallest absolute Gasteiger partial charge is 0.337 e. The van der Waals surface area contributed by atoms with Crippen LogP contribution >= 0.6 is 11.6 Å². The number of hydrogen-bond acceptors (Lipinski definition) is 5. The molecule has 0 N–H and O–H groups in total. The van der Waals surface area contributed by atoms with Gasteiger partial charge in [0.15, 0.2) is 0 Å². The summed E-state index contributed by atoms with van der Waals surface area (Å²) in [5, 5.41) is 8.78. The van der Waals surface area contributed by atoms with Gasteiger partial charge >= 0.3 is 5.97 Å². The lowest BCUT2D eigenvalue weighted by Crippen LogP contribution is -2.34. The fourth-order valence-electron chi connectivity index (χ4n) is 1.84. The summed E-state index contributed by atoms with van der Waals surface area (Å²) in [5.74, 6) is -1.04. The third-order valence-corrected chi connectivity index (χ3v) is 5.45. The Morgan fingerprint density at radius 3 is 2.59 bits per heavy atom. The van der Waals surface area contributed by atoms with Gasteiger partial charge in [-0.3, -0.25) is 0 Å². The van der Waals surface area contributed by atoms with Gasteiger partial charge in [-0.05, 0) is 25.1 Å². The predicted octanol–water partition coefficient (Wildman–Crippen LogP) is 2.30. The van der Waals surface area contributed by atoms with Gasteiger partial charge in [-0.1, -0.05) is 18.5 Å². The molecule has 0 heterocycles. The minimum Gasteiger partial charge on any atom is -0.465 e. The van der Waals surface area contributed by atoms with Crippen LogP contribution in [0.1, 0.15) is 24.2 Å². The van der Waals surface area contributed by atoms with Crippen LogP contribution in [0.4, 0.5) is 0 Å². The average molecular weight is 345 g/mol. The van der Waals surface area contributed by atoms with E-state index in [-0.39, 0.29) is 28.6 Å². The highest BCUT2D eigenvalue weighted by Gasteiger charge is 2.27. The Morgan fingerprint density at radius 2 is 2.14 bits per heavy atom. The number of esters is 1. The lowest BCUT2D eigenvalue weighted by Gasteiger charge is -2.22. The molecule has 0 radical (unpaired) electrons. The molecule has 0 aromatic heterocycles. The topological polar surface area (TPSA) is 87.5 Å². The van der Waals surface area contributed by atoms with Crippen molar-refractivity contribution in [1.29, 1.82) is 5.26 Å². The van der Waals surface area contributed by atoms with Crippen LogP contribution < -0.4 is 0 Å². The van der Waals surface area contributed by atoms with Crippen molar-refractivity contribution < 1.29 is 17.9 Å². The summed E-state index contributed by atoms with van der Waals surface area (Å²) in [7, 11) is -2.61. The highest BCUT2D eigenvalue weighted by Crippen LogP contribution is 2.26. The van der Waals surface area contributed by atoms with E-state index in [0.29, 0.717) is 0 Å². The quantitative estimate of drug-likeness (QED) is 0.739. The first kappa shape index (κ1) is 18.4. The molecule has 6 nitrogen and oxygen atoms in total. The lowest BCUT2D eigenvalue weighted by molar-refractivity contribution is 0.0600. The van der Waals surface area contributed by atoms with Gasteiger partial charge in [0.25, 0.3) is 0 Å². The average Bonchev–Trinajstić information content (AvgIpc) is 2.50. The van der Waals surface area contributed by atoms with E-state index >= 15 is 0 Å².